The molecular weight excluding hydrogens is 498 g/mol. The number of amides is 2. The van der Waals surface area contributed by atoms with E-state index in [0.29, 0.717) is 12.8 Å². The average Bonchev–Trinajstić information content (AvgIpc) is 2.82. The molecule has 0 spiro atoms. The number of rotatable bonds is 12. The zero-order chi connectivity index (χ0) is 29.2. The molecule has 4 atom stereocenters. The molecule has 2 aromatic carbocycles. The summed E-state index contributed by atoms with van der Waals surface area (Å²) in [6, 6.07) is 17.5. The Balaban J connectivity index is 2.12. The molecule has 2 amide bonds. The van der Waals surface area contributed by atoms with Crippen molar-refractivity contribution in [3.05, 3.63) is 71.8 Å². The molecule has 0 aliphatic carbocycles. The number of carboxylic acid groups (broad SMARTS) is 1. The van der Waals surface area contributed by atoms with Crippen molar-refractivity contribution >= 4 is 12.2 Å². The van der Waals surface area contributed by atoms with E-state index in [1.807, 2.05) is 60.7 Å². The topological polar surface area (TPSA) is 131 Å². The van der Waals surface area contributed by atoms with Crippen molar-refractivity contribution in [1.29, 1.82) is 0 Å². The van der Waals surface area contributed by atoms with Gasteiger partial charge in [0.25, 0.3) is 0 Å². The van der Waals surface area contributed by atoms with Gasteiger partial charge in [0.15, 0.2) is 0 Å². The number of aliphatic hydroxyl groups is 2. The number of carbonyl (C=O) groups excluding carboxylic acids is 1. The molecule has 0 radical (unpaired) electrons. The number of nitrogens with one attached hydrogen (secondary N) is 2. The number of ether oxygens (including phenoxy) is 1. The summed E-state index contributed by atoms with van der Waals surface area (Å²) in [6.07, 6.45) is -3.11. The zero-order valence-electron chi connectivity index (χ0n) is 23.9. The van der Waals surface area contributed by atoms with Gasteiger partial charge < -0.3 is 30.7 Å². The first-order chi connectivity index (χ1) is 18.2. The average molecular weight is 544 g/mol. The van der Waals surface area contributed by atoms with Gasteiger partial charge in [0.2, 0.25) is 0 Å². The predicted octanol–water partition coefficient (Wildman–Crippen LogP) is 3.82. The lowest BCUT2D eigenvalue weighted by Crippen LogP contribution is -2.58. The Morgan fingerprint density at radius 1 is 0.821 bits per heavy atom. The van der Waals surface area contributed by atoms with Gasteiger partial charge >= 0.3 is 12.2 Å². The molecule has 0 aromatic heterocycles. The first-order valence-electron chi connectivity index (χ1n) is 13.3. The second-order valence-corrected chi connectivity index (χ2v) is 11.8. The highest BCUT2D eigenvalue weighted by atomic mass is 16.6. The lowest BCUT2D eigenvalue weighted by atomic mass is 9.94. The molecule has 0 aliphatic heterocycles. The lowest BCUT2D eigenvalue weighted by Gasteiger charge is -2.42. The number of benzene rings is 2. The summed E-state index contributed by atoms with van der Waals surface area (Å²) in [5.74, 6) is 0. The van der Waals surface area contributed by atoms with Gasteiger partial charge in [-0.1, -0.05) is 60.7 Å². The molecule has 0 aliphatic rings. The minimum Gasteiger partial charge on any atom is -0.465 e. The van der Waals surface area contributed by atoms with Crippen LogP contribution < -0.4 is 10.6 Å². The largest absolute Gasteiger partial charge is 0.465 e. The molecule has 39 heavy (non-hydrogen) atoms. The maximum absolute atomic E-state index is 12.5. The Kier molecular flexibility index (Phi) is 11.8. The van der Waals surface area contributed by atoms with Gasteiger partial charge in [-0.05, 0) is 65.5 Å². The van der Waals surface area contributed by atoms with E-state index in [4.69, 9.17) is 4.74 Å². The highest BCUT2D eigenvalue weighted by Gasteiger charge is 2.37. The predicted molar refractivity (Wildman–Crippen MR) is 152 cm³/mol. The van der Waals surface area contributed by atoms with Crippen LogP contribution in [0.3, 0.4) is 0 Å². The Morgan fingerprint density at radius 3 is 1.77 bits per heavy atom. The number of aliphatic hydroxyl groups excluding tert-OH is 2. The van der Waals surface area contributed by atoms with Crippen LogP contribution in [-0.4, -0.2) is 80.9 Å². The van der Waals surface area contributed by atoms with Crippen LogP contribution in [0.15, 0.2) is 60.7 Å². The van der Waals surface area contributed by atoms with E-state index in [0.717, 1.165) is 11.1 Å². The molecule has 0 fully saturated rings. The first kappa shape index (κ1) is 32.1. The van der Waals surface area contributed by atoms with Crippen molar-refractivity contribution < 1.29 is 29.6 Å². The molecule has 2 aromatic rings. The van der Waals surface area contributed by atoms with E-state index in [9.17, 15) is 24.9 Å². The maximum Gasteiger partial charge on any atom is 0.408 e. The van der Waals surface area contributed by atoms with E-state index in [1.165, 1.54) is 4.90 Å². The monoisotopic (exact) mass is 543 g/mol. The van der Waals surface area contributed by atoms with Crippen LogP contribution in [0.5, 0.6) is 0 Å². The van der Waals surface area contributed by atoms with Crippen molar-refractivity contribution in [2.24, 2.45) is 0 Å². The van der Waals surface area contributed by atoms with Crippen LogP contribution in [0.25, 0.3) is 0 Å². The molecule has 0 saturated heterocycles. The Hall–Kier alpha value is -3.14. The van der Waals surface area contributed by atoms with Gasteiger partial charge in [0.1, 0.15) is 5.60 Å². The van der Waals surface area contributed by atoms with E-state index in [-0.39, 0.29) is 13.1 Å². The zero-order valence-corrected chi connectivity index (χ0v) is 23.9. The summed E-state index contributed by atoms with van der Waals surface area (Å²) >= 11 is 0. The van der Waals surface area contributed by atoms with Crippen molar-refractivity contribution in [3.63, 3.8) is 0 Å². The number of nitrogens with zero attached hydrogens (tertiary/aromatic N) is 1. The summed E-state index contributed by atoms with van der Waals surface area (Å²) in [5, 5.41) is 38.0. The van der Waals surface area contributed by atoms with Gasteiger partial charge in [-0.3, -0.25) is 4.90 Å². The Morgan fingerprint density at radius 2 is 1.31 bits per heavy atom. The van der Waals surface area contributed by atoms with Crippen LogP contribution >= 0.6 is 0 Å². The molecule has 5 N–H and O–H groups in total. The van der Waals surface area contributed by atoms with Gasteiger partial charge in [-0.15, -0.1) is 0 Å². The van der Waals surface area contributed by atoms with Crippen molar-refractivity contribution in [3.8, 4) is 0 Å². The fourth-order valence-corrected chi connectivity index (χ4v) is 4.45. The van der Waals surface area contributed by atoms with Gasteiger partial charge in [0.05, 0.1) is 24.3 Å². The standard InChI is InChI=1S/C30H45N3O6/c1-29(2,3)33(28(37)38)24(18-22-15-11-8-12-16-22)26(35)20-31-19-25(34)23(17-21-13-9-7-10-14-21)32-27(36)39-30(4,5)6/h7-16,23-26,31,34-35H,17-20H2,1-6H3,(H,32,36)(H,37,38)/t23-,24+,25+,26+/m0/s1. The molecule has 0 bridgehead atoms. The Bertz CT molecular complexity index is 1020. The number of alkyl carbamates (subject to hydrolysis) is 1. The Labute approximate surface area is 232 Å². The quantitative estimate of drug-likeness (QED) is 0.275. The first-order valence-corrected chi connectivity index (χ1v) is 13.3. The minimum absolute atomic E-state index is 0.0406. The third-order valence-corrected chi connectivity index (χ3v) is 6.16. The third kappa shape index (κ3) is 11.2. The van der Waals surface area contributed by atoms with Crippen LogP contribution in [0.1, 0.15) is 52.7 Å². The number of hydrogen-bond acceptors (Lipinski definition) is 6. The molecular formula is C30H45N3O6. The van der Waals surface area contributed by atoms with Gasteiger partial charge in [0, 0.05) is 18.6 Å². The molecule has 9 heteroatoms. The summed E-state index contributed by atoms with van der Waals surface area (Å²) in [6.45, 7) is 10.8. The highest BCUT2D eigenvalue weighted by Crippen LogP contribution is 2.23. The van der Waals surface area contributed by atoms with Crippen molar-refractivity contribution in [2.75, 3.05) is 13.1 Å². The maximum atomic E-state index is 12.5. The molecule has 216 valence electrons. The SMILES string of the molecule is CC(C)(C)OC(=O)N[C@@H](Cc1ccccc1)[C@H](O)CNC[C@@H](O)[C@@H](Cc1ccccc1)N(C(=O)O)C(C)(C)C. The molecule has 9 nitrogen and oxygen atoms in total. The van der Waals surface area contributed by atoms with Crippen molar-refractivity contribution in [1.82, 2.24) is 15.5 Å². The normalized spacial score (nSPS) is 15.1. The van der Waals surface area contributed by atoms with E-state index < -0.39 is 47.6 Å². The van der Waals surface area contributed by atoms with E-state index in [2.05, 4.69) is 10.6 Å². The minimum atomic E-state index is -1.12. The molecule has 0 saturated carbocycles. The number of carbonyl (C=O) groups is 2. The number of hydrogen-bond donors (Lipinski definition) is 5. The van der Waals surface area contributed by atoms with E-state index in [1.54, 1.807) is 41.5 Å². The summed E-state index contributed by atoms with van der Waals surface area (Å²) in [7, 11) is 0. The fourth-order valence-electron chi connectivity index (χ4n) is 4.45. The fraction of sp³-hybridized carbons (Fsp3) is 0.533. The second kappa shape index (κ2) is 14.3. The third-order valence-electron chi connectivity index (χ3n) is 6.16. The van der Waals surface area contributed by atoms with Crippen LogP contribution in [0.2, 0.25) is 0 Å². The van der Waals surface area contributed by atoms with E-state index >= 15 is 0 Å². The molecule has 0 unspecified atom stereocenters. The summed E-state index contributed by atoms with van der Waals surface area (Å²) in [4.78, 5) is 26.0. The van der Waals surface area contributed by atoms with Crippen molar-refractivity contribution in [2.45, 2.75) is 89.8 Å². The van der Waals surface area contributed by atoms with Crippen LogP contribution in [0.4, 0.5) is 9.59 Å². The van der Waals surface area contributed by atoms with Gasteiger partial charge in [-0.25, -0.2) is 9.59 Å². The van der Waals surface area contributed by atoms with Crippen LogP contribution in [0, 0.1) is 0 Å². The second-order valence-electron chi connectivity index (χ2n) is 11.8. The van der Waals surface area contributed by atoms with Crippen LogP contribution in [-0.2, 0) is 17.6 Å². The molecule has 0 heterocycles. The highest BCUT2D eigenvalue weighted by molar-refractivity contribution is 5.68. The molecule has 2 rings (SSSR count). The summed E-state index contributed by atoms with van der Waals surface area (Å²) < 4.78 is 5.38. The lowest BCUT2D eigenvalue weighted by molar-refractivity contribution is 0.00615. The summed E-state index contributed by atoms with van der Waals surface area (Å²) in [5.41, 5.74) is 0.402. The van der Waals surface area contributed by atoms with Gasteiger partial charge in [-0.2, -0.15) is 0 Å². The smallest absolute Gasteiger partial charge is 0.408 e.